The molecule has 0 radical (unpaired) electrons. The van der Waals surface area contributed by atoms with E-state index in [0.29, 0.717) is 16.5 Å². The summed E-state index contributed by atoms with van der Waals surface area (Å²) < 4.78 is 5.45. The minimum atomic E-state index is -0.0173. The van der Waals surface area contributed by atoms with E-state index in [2.05, 4.69) is 17.1 Å². The lowest BCUT2D eigenvalue weighted by molar-refractivity contribution is 0.0641. The summed E-state index contributed by atoms with van der Waals surface area (Å²) in [5, 5.41) is 0.536. The Balaban J connectivity index is 1.82. The third kappa shape index (κ3) is 3.68. The molecule has 0 bridgehead atoms. The predicted molar refractivity (Wildman–Crippen MR) is 97.1 cm³/mol. The highest BCUT2D eigenvalue weighted by Crippen LogP contribution is 2.32. The summed E-state index contributed by atoms with van der Waals surface area (Å²) in [7, 11) is 1.67. The molecule has 4 nitrogen and oxygen atoms in total. The van der Waals surface area contributed by atoms with Gasteiger partial charge in [-0.15, -0.1) is 11.8 Å². The van der Waals surface area contributed by atoms with Gasteiger partial charge in [-0.2, -0.15) is 0 Å². The molecule has 0 atom stereocenters. The van der Waals surface area contributed by atoms with Gasteiger partial charge in [-0.3, -0.25) is 4.79 Å². The number of hydrogen-bond donors (Lipinski definition) is 0. The molecule has 1 fully saturated rings. The van der Waals surface area contributed by atoms with Crippen LogP contribution in [0.4, 0.5) is 0 Å². The molecule has 24 heavy (non-hydrogen) atoms. The number of carbonyl (C=O) groups excluding carboxylic acids is 1. The zero-order chi connectivity index (χ0) is 17.1. The number of pyridine rings is 1. The van der Waals surface area contributed by atoms with Crippen LogP contribution in [0.3, 0.4) is 0 Å². The number of amides is 1. The van der Waals surface area contributed by atoms with Gasteiger partial charge in [0.15, 0.2) is 0 Å². The first-order valence-corrected chi connectivity index (χ1v) is 9.16. The fourth-order valence-corrected chi connectivity index (χ4v) is 3.75. The molecule has 126 valence electrons. The summed E-state index contributed by atoms with van der Waals surface area (Å²) in [5.41, 5.74) is 2.71. The number of halogens is 1. The second kappa shape index (κ2) is 7.45. The van der Waals surface area contributed by atoms with Gasteiger partial charge in [0.25, 0.3) is 5.91 Å². The summed E-state index contributed by atoms with van der Waals surface area (Å²) in [4.78, 5) is 19.4. The largest absolute Gasteiger partial charge is 0.496 e. The van der Waals surface area contributed by atoms with E-state index in [1.165, 1.54) is 6.20 Å². The van der Waals surface area contributed by atoms with E-state index in [-0.39, 0.29) is 5.91 Å². The van der Waals surface area contributed by atoms with Crippen LogP contribution in [0.15, 0.2) is 35.4 Å². The zero-order valence-corrected chi connectivity index (χ0v) is 15.3. The minimum Gasteiger partial charge on any atom is -0.496 e. The van der Waals surface area contributed by atoms with Crippen molar-refractivity contribution in [1.82, 2.24) is 9.88 Å². The summed E-state index contributed by atoms with van der Waals surface area (Å²) in [6, 6.07) is 7.93. The second-order valence-electron chi connectivity index (χ2n) is 5.75. The van der Waals surface area contributed by atoms with Gasteiger partial charge in [-0.1, -0.05) is 23.7 Å². The molecule has 1 saturated heterocycles. The first kappa shape index (κ1) is 17.1. The number of hydrogen-bond acceptors (Lipinski definition) is 4. The number of aromatic nitrogens is 1. The van der Waals surface area contributed by atoms with E-state index in [0.717, 1.165) is 41.3 Å². The standard InChI is InChI=1S/C18H19ClN2O2S/c1-12-4-5-13(15(8-12)23-2)11-24-16-9-14(19)10-20-17(16)18(22)21-6-3-7-21/h4-5,8-10H,3,6-7,11H2,1-2H3. The van der Waals surface area contributed by atoms with Gasteiger partial charge in [-0.25, -0.2) is 4.98 Å². The number of nitrogens with zero attached hydrogens (tertiary/aromatic N) is 2. The number of likely N-dealkylation sites (tertiary alicyclic amines) is 1. The Kier molecular flexibility index (Phi) is 5.31. The van der Waals surface area contributed by atoms with Gasteiger partial charge in [0.2, 0.25) is 0 Å². The molecule has 2 aromatic rings. The SMILES string of the molecule is COc1cc(C)ccc1CSc1cc(Cl)cnc1C(=O)N1CCC1. The number of aryl methyl sites for hydroxylation is 1. The van der Waals surface area contributed by atoms with E-state index < -0.39 is 0 Å². The predicted octanol–water partition coefficient (Wildman–Crippen LogP) is 4.19. The van der Waals surface area contributed by atoms with E-state index in [1.54, 1.807) is 18.9 Å². The van der Waals surface area contributed by atoms with Crippen molar-refractivity contribution in [1.29, 1.82) is 0 Å². The zero-order valence-electron chi connectivity index (χ0n) is 13.7. The molecule has 3 rings (SSSR count). The average Bonchev–Trinajstić information content (AvgIpc) is 2.51. The van der Waals surface area contributed by atoms with Crippen LogP contribution in [0.25, 0.3) is 0 Å². The Bertz CT molecular complexity index is 763. The summed E-state index contributed by atoms with van der Waals surface area (Å²) >= 11 is 7.64. The van der Waals surface area contributed by atoms with Gasteiger partial charge >= 0.3 is 0 Å². The van der Waals surface area contributed by atoms with Gasteiger partial charge in [0, 0.05) is 35.5 Å². The summed E-state index contributed by atoms with van der Waals surface area (Å²) in [6.07, 6.45) is 2.59. The van der Waals surface area contributed by atoms with Crippen molar-refractivity contribution in [3.63, 3.8) is 0 Å². The first-order valence-electron chi connectivity index (χ1n) is 7.79. The molecule has 0 unspecified atom stereocenters. The maximum Gasteiger partial charge on any atom is 0.273 e. The molecular formula is C18H19ClN2O2S. The highest BCUT2D eigenvalue weighted by atomic mass is 35.5. The molecule has 6 heteroatoms. The minimum absolute atomic E-state index is 0.0173. The van der Waals surface area contributed by atoms with Crippen molar-refractivity contribution in [3.8, 4) is 5.75 Å². The van der Waals surface area contributed by atoms with Crippen LogP contribution in [0.5, 0.6) is 5.75 Å². The van der Waals surface area contributed by atoms with Crippen LogP contribution in [0, 0.1) is 6.92 Å². The monoisotopic (exact) mass is 362 g/mol. The molecule has 1 amide bonds. The lowest BCUT2D eigenvalue weighted by Gasteiger charge is -2.31. The van der Waals surface area contributed by atoms with Crippen molar-refractivity contribution in [2.75, 3.05) is 20.2 Å². The van der Waals surface area contributed by atoms with E-state index in [4.69, 9.17) is 16.3 Å². The fourth-order valence-electron chi connectivity index (χ4n) is 2.49. The van der Waals surface area contributed by atoms with Gasteiger partial charge in [0.1, 0.15) is 11.4 Å². The molecule has 0 saturated carbocycles. The van der Waals surface area contributed by atoms with Gasteiger partial charge < -0.3 is 9.64 Å². The molecule has 2 heterocycles. The van der Waals surface area contributed by atoms with Crippen molar-refractivity contribution < 1.29 is 9.53 Å². The van der Waals surface area contributed by atoms with Crippen LogP contribution in [0.2, 0.25) is 5.02 Å². The Morgan fingerprint density at radius 1 is 1.38 bits per heavy atom. The lowest BCUT2D eigenvalue weighted by atomic mass is 10.1. The Morgan fingerprint density at radius 3 is 2.83 bits per heavy atom. The normalized spacial score (nSPS) is 13.5. The molecule has 1 aliphatic heterocycles. The second-order valence-corrected chi connectivity index (χ2v) is 7.20. The molecule has 0 aliphatic carbocycles. The first-order chi connectivity index (χ1) is 11.6. The molecule has 0 N–H and O–H groups in total. The van der Waals surface area contributed by atoms with E-state index in [1.807, 2.05) is 24.0 Å². The van der Waals surface area contributed by atoms with E-state index in [9.17, 15) is 4.79 Å². The fraction of sp³-hybridized carbons (Fsp3) is 0.333. The summed E-state index contributed by atoms with van der Waals surface area (Å²) in [6.45, 7) is 3.64. The van der Waals surface area contributed by atoms with Gasteiger partial charge in [0.05, 0.1) is 12.1 Å². The van der Waals surface area contributed by atoms with Crippen molar-refractivity contribution in [3.05, 3.63) is 52.3 Å². The number of ether oxygens (including phenoxy) is 1. The van der Waals surface area contributed by atoms with E-state index >= 15 is 0 Å². The lowest BCUT2D eigenvalue weighted by Crippen LogP contribution is -2.42. The molecular weight excluding hydrogens is 344 g/mol. The van der Waals surface area contributed by atoms with Crippen LogP contribution < -0.4 is 4.74 Å². The maximum atomic E-state index is 12.5. The van der Waals surface area contributed by atoms with Crippen molar-refractivity contribution >= 4 is 29.3 Å². The quantitative estimate of drug-likeness (QED) is 0.748. The van der Waals surface area contributed by atoms with Crippen LogP contribution in [-0.4, -0.2) is 36.0 Å². The Morgan fingerprint density at radius 2 is 2.17 bits per heavy atom. The Hall–Kier alpha value is -1.72. The number of carbonyl (C=O) groups is 1. The smallest absolute Gasteiger partial charge is 0.273 e. The van der Waals surface area contributed by atoms with Crippen LogP contribution in [0.1, 0.15) is 28.0 Å². The number of benzene rings is 1. The molecule has 1 aromatic heterocycles. The maximum absolute atomic E-state index is 12.5. The number of rotatable bonds is 5. The number of thioether (sulfide) groups is 1. The van der Waals surface area contributed by atoms with Gasteiger partial charge in [-0.05, 0) is 31.0 Å². The average molecular weight is 363 g/mol. The number of methoxy groups -OCH3 is 1. The third-order valence-corrected chi connectivity index (χ3v) is 5.28. The highest BCUT2D eigenvalue weighted by Gasteiger charge is 2.25. The molecule has 0 spiro atoms. The topological polar surface area (TPSA) is 42.4 Å². The molecule has 1 aliphatic rings. The summed E-state index contributed by atoms with van der Waals surface area (Å²) in [5.74, 6) is 1.52. The molecule has 1 aromatic carbocycles. The highest BCUT2D eigenvalue weighted by molar-refractivity contribution is 7.98. The van der Waals surface area contributed by atoms with Crippen molar-refractivity contribution in [2.24, 2.45) is 0 Å². The third-order valence-electron chi connectivity index (χ3n) is 3.99. The van der Waals surface area contributed by atoms with Crippen molar-refractivity contribution in [2.45, 2.75) is 24.0 Å². The van der Waals surface area contributed by atoms with Crippen LogP contribution in [-0.2, 0) is 5.75 Å². The Labute approximate surface area is 151 Å². The van der Waals surface area contributed by atoms with Crippen LogP contribution >= 0.6 is 23.4 Å².